The van der Waals surface area contributed by atoms with E-state index in [-0.39, 0.29) is 17.6 Å². The lowest BCUT2D eigenvalue weighted by Gasteiger charge is -2.04. The fourth-order valence-corrected chi connectivity index (χ4v) is 3.22. The highest BCUT2D eigenvalue weighted by Gasteiger charge is 1.97. The van der Waals surface area contributed by atoms with Crippen LogP contribution < -0.4 is 0 Å². The Balaban J connectivity index is 2.91. The molecule has 0 aromatic rings. The molecule has 0 aromatic carbocycles. The molecule has 72 valence electrons. The van der Waals surface area contributed by atoms with Crippen LogP contribution in [0.25, 0.3) is 0 Å². The average molecular weight is 200 g/mol. The molecule has 0 spiro atoms. The van der Waals surface area contributed by atoms with Gasteiger partial charge in [0.05, 0.1) is 0 Å². The smallest absolute Gasteiger partial charge is 0.0412 e. The van der Waals surface area contributed by atoms with E-state index < -0.39 is 0 Å². The normalized spacial score (nSPS) is 11.5. The van der Waals surface area contributed by atoms with Crippen molar-refractivity contribution >= 4 is 17.6 Å². The highest BCUT2D eigenvalue weighted by atomic mass is 28.3. The van der Waals surface area contributed by atoms with E-state index in [2.05, 4.69) is 26.2 Å². The van der Waals surface area contributed by atoms with E-state index in [4.69, 9.17) is 0 Å². The third-order valence-corrected chi connectivity index (χ3v) is 4.81. The molecule has 0 amide bonds. The van der Waals surface area contributed by atoms with E-state index in [1.165, 1.54) is 37.8 Å². The zero-order valence-electron chi connectivity index (χ0n) is 9.24. The molecule has 0 unspecified atom stereocenters. The van der Waals surface area contributed by atoms with E-state index in [0.29, 0.717) is 0 Å². The van der Waals surface area contributed by atoms with Gasteiger partial charge in [-0.1, -0.05) is 64.0 Å². The zero-order valence-corrected chi connectivity index (χ0v) is 11.2. The van der Waals surface area contributed by atoms with Gasteiger partial charge in [-0.3, -0.25) is 0 Å². The summed E-state index contributed by atoms with van der Waals surface area (Å²) in [5.74, 6) is 0. The molecular weight excluding hydrogens is 176 g/mol. The van der Waals surface area contributed by atoms with Crippen LogP contribution in [-0.2, 0) is 0 Å². The molecule has 0 bridgehead atoms. The molecule has 2 heteroatoms. The third-order valence-electron chi connectivity index (χ3n) is 2.10. The standard InChI is InChI=1S/C10H24Si2/c1-11(2)9-7-5-6-8-10-12(3)4/h5-10H2,1-4H3. The van der Waals surface area contributed by atoms with E-state index in [0.717, 1.165) is 0 Å². The van der Waals surface area contributed by atoms with Crippen LogP contribution in [0.4, 0.5) is 0 Å². The second-order valence-electron chi connectivity index (χ2n) is 4.33. The summed E-state index contributed by atoms with van der Waals surface area (Å²) in [5, 5.41) is 0. The molecule has 0 nitrogen and oxygen atoms in total. The molecule has 0 aromatic heterocycles. The van der Waals surface area contributed by atoms with Crippen molar-refractivity contribution in [2.75, 3.05) is 0 Å². The first kappa shape index (κ1) is 12.4. The lowest BCUT2D eigenvalue weighted by Crippen LogP contribution is -1.99. The molecule has 0 aliphatic heterocycles. The van der Waals surface area contributed by atoms with Crippen LogP contribution >= 0.6 is 0 Å². The fraction of sp³-hybridized carbons (Fsp3) is 1.00. The summed E-state index contributed by atoms with van der Waals surface area (Å²) in [6, 6.07) is 3.06. The summed E-state index contributed by atoms with van der Waals surface area (Å²) in [7, 11) is 0.137. The first-order chi connectivity index (χ1) is 5.63. The predicted molar refractivity (Wildman–Crippen MR) is 63.0 cm³/mol. The van der Waals surface area contributed by atoms with Gasteiger partial charge >= 0.3 is 0 Å². The lowest BCUT2D eigenvalue weighted by atomic mass is 10.2. The van der Waals surface area contributed by atoms with Crippen LogP contribution in [0.3, 0.4) is 0 Å². The summed E-state index contributed by atoms with van der Waals surface area (Å²) in [6.07, 6.45) is 5.98. The predicted octanol–water partition coefficient (Wildman–Crippen LogP) is 4.06. The Kier molecular flexibility index (Phi) is 8.34. The maximum absolute atomic E-state index is 2.42. The first-order valence-electron chi connectivity index (χ1n) is 5.21. The van der Waals surface area contributed by atoms with Gasteiger partial charge in [-0.25, -0.2) is 0 Å². The Labute approximate surface area is 82.0 Å². The van der Waals surface area contributed by atoms with Crippen molar-refractivity contribution in [1.29, 1.82) is 0 Å². The molecule has 0 rings (SSSR count). The fourth-order valence-electron chi connectivity index (χ4n) is 1.31. The summed E-state index contributed by atoms with van der Waals surface area (Å²) in [4.78, 5) is 0. The second-order valence-corrected chi connectivity index (χ2v) is 10.2. The summed E-state index contributed by atoms with van der Waals surface area (Å²) in [5.41, 5.74) is 0. The van der Waals surface area contributed by atoms with Gasteiger partial charge in [-0.15, -0.1) is 0 Å². The molecule has 0 saturated heterocycles. The van der Waals surface area contributed by atoms with Gasteiger partial charge in [0, 0.05) is 17.6 Å². The van der Waals surface area contributed by atoms with Gasteiger partial charge in [0.25, 0.3) is 0 Å². The van der Waals surface area contributed by atoms with Gasteiger partial charge in [-0.05, 0) is 0 Å². The van der Waals surface area contributed by atoms with Crippen molar-refractivity contribution in [1.82, 2.24) is 0 Å². The maximum atomic E-state index is 2.42. The van der Waals surface area contributed by atoms with Gasteiger partial charge < -0.3 is 0 Å². The summed E-state index contributed by atoms with van der Waals surface area (Å²) in [6.45, 7) is 9.68. The van der Waals surface area contributed by atoms with Crippen LogP contribution in [0, 0.1) is 0 Å². The van der Waals surface area contributed by atoms with Gasteiger partial charge in [0.2, 0.25) is 0 Å². The average Bonchev–Trinajstić information content (AvgIpc) is 1.95. The molecular formula is C10H24Si2. The Morgan fingerprint density at radius 1 is 0.583 bits per heavy atom. The van der Waals surface area contributed by atoms with Crippen LogP contribution in [0.5, 0.6) is 0 Å². The van der Waals surface area contributed by atoms with Gasteiger partial charge in [0.15, 0.2) is 0 Å². The Hall–Kier alpha value is 0.434. The van der Waals surface area contributed by atoms with Crippen LogP contribution in [0.1, 0.15) is 25.7 Å². The van der Waals surface area contributed by atoms with E-state index in [1.54, 1.807) is 0 Å². The number of unbranched alkanes of at least 4 members (excludes halogenated alkanes) is 3. The van der Waals surface area contributed by atoms with Crippen molar-refractivity contribution in [2.45, 2.75) is 64.0 Å². The molecule has 0 aliphatic rings. The highest BCUT2D eigenvalue weighted by molar-refractivity contribution is 6.55. The third kappa shape index (κ3) is 10.4. The molecule has 0 fully saturated rings. The quantitative estimate of drug-likeness (QED) is 0.429. The van der Waals surface area contributed by atoms with Crippen LogP contribution in [0.2, 0.25) is 38.3 Å². The van der Waals surface area contributed by atoms with Crippen molar-refractivity contribution in [2.24, 2.45) is 0 Å². The number of hydrogen-bond donors (Lipinski definition) is 0. The minimum atomic E-state index is 0.0686. The van der Waals surface area contributed by atoms with E-state index in [1.807, 2.05) is 0 Å². The minimum absolute atomic E-state index is 0.0686. The first-order valence-corrected chi connectivity index (χ1v) is 10.6. The van der Waals surface area contributed by atoms with Gasteiger partial charge in [-0.2, -0.15) is 0 Å². The SMILES string of the molecule is C[Si](C)CCCCCC[Si](C)C. The molecule has 12 heavy (non-hydrogen) atoms. The molecule has 2 radical (unpaired) electrons. The van der Waals surface area contributed by atoms with E-state index in [9.17, 15) is 0 Å². The maximum Gasteiger partial charge on any atom is 0.0412 e. The number of hydrogen-bond acceptors (Lipinski definition) is 0. The van der Waals surface area contributed by atoms with Crippen molar-refractivity contribution in [3.63, 3.8) is 0 Å². The Morgan fingerprint density at radius 2 is 0.917 bits per heavy atom. The Morgan fingerprint density at radius 3 is 1.17 bits per heavy atom. The van der Waals surface area contributed by atoms with E-state index >= 15 is 0 Å². The monoisotopic (exact) mass is 200 g/mol. The lowest BCUT2D eigenvalue weighted by molar-refractivity contribution is 0.696. The van der Waals surface area contributed by atoms with Crippen molar-refractivity contribution in [3.05, 3.63) is 0 Å². The number of rotatable bonds is 7. The molecule has 0 N–H and O–H groups in total. The van der Waals surface area contributed by atoms with Crippen LogP contribution in [0.15, 0.2) is 0 Å². The van der Waals surface area contributed by atoms with Crippen LogP contribution in [-0.4, -0.2) is 17.6 Å². The van der Waals surface area contributed by atoms with Crippen molar-refractivity contribution in [3.8, 4) is 0 Å². The molecule has 0 atom stereocenters. The minimum Gasteiger partial charge on any atom is -0.0713 e. The molecule has 0 saturated carbocycles. The van der Waals surface area contributed by atoms with Crippen molar-refractivity contribution < 1.29 is 0 Å². The van der Waals surface area contributed by atoms with Gasteiger partial charge in [0.1, 0.15) is 0 Å². The summed E-state index contributed by atoms with van der Waals surface area (Å²) >= 11 is 0. The summed E-state index contributed by atoms with van der Waals surface area (Å²) < 4.78 is 0. The zero-order chi connectivity index (χ0) is 9.40. The highest BCUT2D eigenvalue weighted by Crippen LogP contribution is 2.09. The molecule has 0 heterocycles. The topological polar surface area (TPSA) is 0 Å². The molecule has 0 aliphatic carbocycles. The largest absolute Gasteiger partial charge is 0.0713 e. The Bertz CT molecular complexity index is 77.8. The second kappa shape index (κ2) is 8.05.